The summed E-state index contributed by atoms with van der Waals surface area (Å²) in [5.41, 5.74) is 0. The minimum atomic E-state index is 0.523. The summed E-state index contributed by atoms with van der Waals surface area (Å²) < 4.78 is 0. The van der Waals surface area contributed by atoms with E-state index < -0.39 is 0 Å². The number of hydrogen-bond donors (Lipinski definition) is 0. The molecule has 0 bridgehead atoms. The van der Waals surface area contributed by atoms with E-state index in [9.17, 15) is 0 Å². The van der Waals surface area contributed by atoms with Gasteiger partial charge in [0.25, 0.3) is 0 Å². The van der Waals surface area contributed by atoms with Crippen LogP contribution in [-0.4, -0.2) is 34.6 Å². The largest absolute Gasteiger partial charge is 0.356 e. The molecule has 1 saturated heterocycles. The van der Waals surface area contributed by atoms with E-state index in [0.717, 1.165) is 11.6 Å². The molecule has 1 aliphatic heterocycles. The van der Waals surface area contributed by atoms with Crippen molar-refractivity contribution in [3.63, 3.8) is 0 Å². The first-order valence-electron chi connectivity index (χ1n) is 4.98. The third-order valence-corrected chi connectivity index (χ3v) is 3.95. The van der Waals surface area contributed by atoms with E-state index >= 15 is 0 Å². The summed E-state index contributed by atoms with van der Waals surface area (Å²) in [5, 5.41) is 0.523. The highest BCUT2D eigenvalue weighted by Gasteiger charge is 2.21. The molecule has 1 fully saturated rings. The van der Waals surface area contributed by atoms with E-state index in [0.29, 0.717) is 11.2 Å². The van der Waals surface area contributed by atoms with Crippen molar-refractivity contribution in [2.24, 2.45) is 0 Å². The third kappa shape index (κ3) is 2.55. The summed E-state index contributed by atoms with van der Waals surface area (Å²) in [6, 6.07) is 2.41. The second-order valence-corrected chi connectivity index (χ2v) is 5.26. The Morgan fingerprint density at radius 2 is 2.33 bits per heavy atom. The highest BCUT2D eigenvalue weighted by molar-refractivity contribution is 7.99. The van der Waals surface area contributed by atoms with Crippen molar-refractivity contribution in [2.75, 3.05) is 23.5 Å². The molecule has 3 nitrogen and oxygen atoms in total. The number of nitrogens with zero attached hydrogens (tertiary/aromatic N) is 3. The number of hydrogen-bond acceptors (Lipinski definition) is 4. The van der Waals surface area contributed by atoms with E-state index in [1.54, 1.807) is 0 Å². The predicted molar refractivity (Wildman–Crippen MR) is 65.9 cm³/mol. The molecule has 0 unspecified atom stereocenters. The van der Waals surface area contributed by atoms with Gasteiger partial charge in [-0.3, -0.25) is 0 Å². The Kier molecular flexibility index (Phi) is 3.36. The molecule has 2 rings (SSSR count). The Bertz CT molecular complexity index is 332. The molecule has 2 heterocycles. The minimum Gasteiger partial charge on any atom is -0.356 e. The van der Waals surface area contributed by atoms with Gasteiger partial charge in [0.15, 0.2) is 0 Å². The van der Waals surface area contributed by atoms with Gasteiger partial charge in [-0.15, -0.1) is 0 Å². The minimum absolute atomic E-state index is 0.523. The van der Waals surface area contributed by atoms with Gasteiger partial charge in [-0.05, 0) is 19.1 Å². The van der Waals surface area contributed by atoms with Crippen molar-refractivity contribution < 1.29 is 0 Å². The lowest BCUT2D eigenvalue weighted by Gasteiger charge is -2.24. The third-order valence-electron chi connectivity index (χ3n) is 2.61. The van der Waals surface area contributed by atoms with Crippen molar-refractivity contribution in [1.29, 1.82) is 0 Å². The molecular weight excluding hydrogens is 230 g/mol. The van der Waals surface area contributed by atoms with Gasteiger partial charge in [-0.1, -0.05) is 11.6 Å². The van der Waals surface area contributed by atoms with Crippen LogP contribution in [0, 0.1) is 6.92 Å². The van der Waals surface area contributed by atoms with E-state index in [4.69, 9.17) is 11.6 Å². The molecule has 0 radical (unpaired) electrons. The van der Waals surface area contributed by atoms with Crippen molar-refractivity contribution in [2.45, 2.75) is 19.4 Å². The Balaban J connectivity index is 2.20. The smallest absolute Gasteiger partial charge is 0.134 e. The van der Waals surface area contributed by atoms with Crippen LogP contribution in [0.1, 0.15) is 12.2 Å². The molecule has 0 saturated carbocycles. The van der Waals surface area contributed by atoms with Crippen LogP contribution in [0.2, 0.25) is 5.15 Å². The SMILES string of the molecule is Cc1nc(Cl)cc(N(C)[C@H]2CCSC2)n1. The number of rotatable bonds is 2. The molecule has 0 aliphatic carbocycles. The zero-order valence-corrected chi connectivity index (χ0v) is 10.5. The normalized spacial score (nSPS) is 20.6. The Morgan fingerprint density at radius 3 is 2.93 bits per heavy atom. The van der Waals surface area contributed by atoms with Crippen LogP contribution in [0.15, 0.2) is 6.07 Å². The van der Waals surface area contributed by atoms with Crippen molar-refractivity contribution >= 4 is 29.2 Å². The highest BCUT2D eigenvalue weighted by Crippen LogP contribution is 2.25. The maximum Gasteiger partial charge on any atom is 0.134 e. The van der Waals surface area contributed by atoms with Crippen LogP contribution in [-0.2, 0) is 0 Å². The van der Waals surface area contributed by atoms with Crippen molar-refractivity contribution in [1.82, 2.24) is 9.97 Å². The lowest BCUT2D eigenvalue weighted by Crippen LogP contribution is -2.32. The molecule has 1 aromatic rings. The average Bonchev–Trinajstić information content (AvgIpc) is 2.67. The summed E-state index contributed by atoms with van der Waals surface area (Å²) in [6.07, 6.45) is 1.22. The summed E-state index contributed by atoms with van der Waals surface area (Å²) in [6.45, 7) is 1.87. The summed E-state index contributed by atoms with van der Waals surface area (Å²) in [7, 11) is 2.08. The summed E-state index contributed by atoms with van der Waals surface area (Å²) in [4.78, 5) is 10.7. The molecule has 5 heteroatoms. The van der Waals surface area contributed by atoms with Crippen molar-refractivity contribution in [3.8, 4) is 0 Å². The van der Waals surface area contributed by atoms with Gasteiger partial charge >= 0.3 is 0 Å². The van der Waals surface area contributed by atoms with Crippen LogP contribution in [0.4, 0.5) is 5.82 Å². The number of aryl methyl sites for hydroxylation is 1. The van der Waals surface area contributed by atoms with Crippen molar-refractivity contribution in [3.05, 3.63) is 17.0 Å². The molecule has 0 N–H and O–H groups in total. The van der Waals surface area contributed by atoms with E-state index in [1.165, 1.54) is 17.9 Å². The van der Waals surface area contributed by atoms with Crippen LogP contribution in [0.5, 0.6) is 0 Å². The monoisotopic (exact) mass is 243 g/mol. The van der Waals surface area contributed by atoms with Gasteiger partial charge in [-0.2, -0.15) is 11.8 Å². The molecule has 15 heavy (non-hydrogen) atoms. The maximum atomic E-state index is 5.92. The molecule has 1 aromatic heterocycles. The number of thioether (sulfide) groups is 1. The van der Waals surface area contributed by atoms with E-state index in [1.807, 2.05) is 24.8 Å². The molecule has 0 spiro atoms. The summed E-state index contributed by atoms with van der Waals surface area (Å²) >= 11 is 7.91. The highest BCUT2D eigenvalue weighted by atomic mass is 35.5. The van der Waals surface area contributed by atoms with Gasteiger partial charge in [0.2, 0.25) is 0 Å². The van der Waals surface area contributed by atoms with Crippen LogP contribution in [0.3, 0.4) is 0 Å². The van der Waals surface area contributed by atoms with Gasteiger partial charge in [-0.25, -0.2) is 9.97 Å². The summed E-state index contributed by atoms with van der Waals surface area (Å²) in [5.74, 6) is 4.08. The Labute approximate surface area is 99.2 Å². The quantitative estimate of drug-likeness (QED) is 0.746. The van der Waals surface area contributed by atoms with Gasteiger partial charge in [0.05, 0.1) is 0 Å². The van der Waals surface area contributed by atoms with E-state index in [-0.39, 0.29) is 0 Å². The second kappa shape index (κ2) is 4.58. The zero-order chi connectivity index (χ0) is 10.8. The lowest BCUT2D eigenvalue weighted by atomic mass is 10.2. The maximum absolute atomic E-state index is 5.92. The first-order chi connectivity index (χ1) is 7.16. The number of aromatic nitrogens is 2. The van der Waals surface area contributed by atoms with Gasteiger partial charge in [0.1, 0.15) is 16.8 Å². The van der Waals surface area contributed by atoms with Crippen LogP contribution < -0.4 is 4.90 Å². The lowest BCUT2D eigenvalue weighted by molar-refractivity contribution is 0.689. The van der Waals surface area contributed by atoms with Crippen LogP contribution in [0.25, 0.3) is 0 Å². The second-order valence-electron chi connectivity index (χ2n) is 3.72. The fourth-order valence-electron chi connectivity index (χ4n) is 1.71. The molecule has 0 aromatic carbocycles. The molecule has 82 valence electrons. The number of halogens is 1. The first kappa shape index (κ1) is 11.0. The molecule has 1 aliphatic rings. The average molecular weight is 244 g/mol. The van der Waals surface area contributed by atoms with E-state index in [2.05, 4.69) is 21.9 Å². The fraction of sp³-hybridized carbons (Fsp3) is 0.600. The van der Waals surface area contributed by atoms with Gasteiger partial charge < -0.3 is 4.90 Å². The Hall–Kier alpha value is -0.480. The van der Waals surface area contributed by atoms with Gasteiger partial charge in [0, 0.05) is 24.9 Å². The first-order valence-corrected chi connectivity index (χ1v) is 6.52. The van der Waals surface area contributed by atoms with Crippen LogP contribution >= 0.6 is 23.4 Å². The molecular formula is C10H14ClN3S. The zero-order valence-electron chi connectivity index (χ0n) is 8.90. The number of anilines is 1. The predicted octanol–water partition coefficient (Wildman–Crippen LogP) is 2.38. The standard InChI is InChI=1S/C10H14ClN3S/c1-7-12-9(11)5-10(13-7)14(2)8-3-4-15-6-8/h5,8H,3-4,6H2,1-2H3/t8-/m0/s1. The fourth-order valence-corrected chi connectivity index (χ4v) is 3.20. The molecule has 1 atom stereocenters. The Morgan fingerprint density at radius 1 is 1.53 bits per heavy atom. The molecule has 0 amide bonds. The topological polar surface area (TPSA) is 29.0 Å².